The van der Waals surface area contributed by atoms with Gasteiger partial charge in [-0.1, -0.05) is 13.8 Å². The largest absolute Gasteiger partial charge is 0.341 e. The minimum Gasteiger partial charge on any atom is -0.341 e. The molecule has 0 spiro atoms. The number of alkyl halides is 2. The lowest BCUT2D eigenvalue weighted by atomic mass is 9.82. The van der Waals surface area contributed by atoms with Crippen molar-refractivity contribution in [1.29, 1.82) is 0 Å². The molecule has 5 heteroatoms. The smallest absolute Gasteiger partial charge is 0.262 e. The fourth-order valence-electron chi connectivity index (χ4n) is 2.44. The predicted octanol–water partition coefficient (Wildman–Crippen LogP) is 1.63. The third-order valence-corrected chi connectivity index (χ3v) is 3.84. The molecular weight excluding hydrogens is 226 g/mol. The van der Waals surface area contributed by atoms with Crippen LogP contribution in [0.15, 0.2) is 0 Å². The quantitative estimate of drug-likeness (QED) is 0.762. The minimum atomic E-state index is -2.73. The number of nitrogens with zero attached hydrogens (tertiary/aromatic N) is 1. The van der Waals surface area contributed by atoms with Crippen LogP contribution in [0.4, 0.5) is 8.78 Å². The summed E-state index contributed by atoms with van der Waals surface area (Å²) in [6.07, 6.45) is 1.54. The van der Waals surface area contributed by atoms with E-state index in [4.69, 9.17) is 0 Å². The van der Waals surface area contributed by atoms with Crippen LogP contribution in [0, 0.1) is 5.41 Å². The molecule has 2 rings (SSSR count). The Kier molecular flexibility index (Phi) is 3.14. The topological polar surface area (TPSA) is 32.3 Å². The molecule has 1 unspecified atom stereocenters. The number of hydrogen-bond donors (Lipinski definition) is 1. The first kappa shape index (κ1) is 12.7. The van der Waals surface area contributed by atoms with E-state index < -0.39 is 12.0 Å². The van der Waals surface area contributed by atoms with Gasteiger partial charge < -0.3 is 4.90 Å². The van der Waals surface area contributed by atoms with Crippen molar-refractivity contribution in [1.82, 2.24) is 10.2 Å². The van der Waals surface area contributed by atoms with Gasteiger partial charge in [-0.25, -0.2) is 8.78 Å². The lowest BCUT2D eigenvalue weighted by Crippen LogP contribution is -2.48. The van der Waals surface area contributed by atoms with E-state index in [0.717, 1.165) is 12.8 Å². The molecule has 1 atom stereocenters. The Morgan fingerprint density at radius 3 is 2.35 bits per heavy atom. The molecule has 0 aliphatic carbocycles. The highest BCUT2D eigenvalue weighted by molar-refractivity contribution is 5.82. The summed E-state index contributed by atoms with van der Waals surface area (Å²) in [5.74, 6) is -2.88. The molecule has 0 bridgehead atoms. The molecule has 2 fully saturated rings. The van der Waals surface area contributed by atoms with Crippen LogP contribution >= 0.6 is 0 Å². The van der Waals surface area contributed by atoms with E-state index in [2.05, 4.69) is 19.2 Å². The second-order valence-electron chi connectivity index (χ2n) is 5.98. The average Bonchev–Trinajstić information content (AvgIpc) is 2.58. The summed E-state index contributed by atoms with van der Waals surface area (Å²) in [5.41, 5.74) is 0.268. The molecule has 2 aliphatic heterocycles. The number of amides is 1. The molecule has 0 saturated carbocycles. The summed E-state index contributed by atoms with van der Waals surface area (Å²) in [5, 5.41) is 2.62. The van der Waals surface area contributed by atoms with Crippen LogP contribution in [0.1, 0.15) is 33.1 Å². The summed E-state index contributed by atoms with van der Waals surface area (Å²) in [4.78, 5) is 13.8. The van der Waals surface area contributed by atoms with Gasteiger partial charge in [-0.2, -0.15) is 0 Å². The maximum absolute atomic E-state index is 13.0. The summed E-state index contributed by atoms with van der Waals surface area (Å²) in [6.45, 7) is 5.36. The minimum absolute atomic E-state index is 0.155. The van der Waals surface area contributed by atoms with Gasteiger partial charge in [0.2, 0.25) is 5.91 Å². The molecule has 98 valence electrons. The molecule has 2 heterocycles. The van der Waals surface area contributed by atoms with Crippen LogP contribution in [0.25, 0.3) is 0 Å². The number of likely N-dealkylation sites (tertiary alicyclic amines) is 1. The van der Waals surface area contributed by atoms with Gasteiger partial charge in [-0.3, -0.25) is 10.1 Å². The monoisotopic (exact) mass is 246 g/mol. The van der Waals surface area contributed by atoms with Crippen molar-refractivity contribution in [2.45, 2.75) is 45.1 Å². The van der Waals surface area contributed by atoms with Crippen LogP contribution in [-0.4, -0.2) is 42.4 Å². The van der Waals surface area contributed by atoms with Crippen LogP contribution < -0.4 is 5.32 Å². The van der Waals surface area contributed by atoms with Crippen LogP contribution in [-0.2, 0) is 4.79 Å². The van der Waals surface area contributed by atoms with Gasteiger partial charge >= 0.3 is 0 Å². The molecule has 1 amide bonds. The van der Waals surface area contributed by atoms with E-state index in [0.29, 0.717) is 13.1 Å². The Hall–Kier alpha value is -0.710. The average molecular weight is 246 g/mol. The third-order valence-electron chi connectivity index (χ3n) is 3.84. The van der Waals surface area contributed by atoms with Crippen molar-refractivity contribution >= 4 is 5.91 Å². The molecule has 0 aromatic rings. The van der Waals surface area contributed by atoms with Crippen molar-refractivity contribution in [2.24, 2.45) is 5.41 Å². The maximum Gasteiger partial charge on any atom is 0.262 e. The first-order valence-electron chi connectivity index (χ1n) is 6.19. The number of hydrogen-bond acceptors (Lipinski definition) is 2. The Morgan fingerprint density at radius 2 is 1.88 bits per heavy atom. The first-order valence-corrected chi connectivity index (χ1v) is 6.19. The van der Waals surface area contributed by atoms with E-state index >= 15 is 0 Å². The Morgan fingerprint density at radius 1 is 1.29 bits per heavy atom. The van der Waals surface area contributed by atoms with Gasteiger partial charge in [-0.05, 0) is 18.3 Å². The maximum atomic E-state index is 13.0. The van der Waals surface area contributed by atoms with Crippen molar-refractivity contribution < 1.29 is 13.6 Å². The SMILES string of the molecule is CC1(C)CCN(C(=O)C2CC(F)(F)CN2)CC1. The zero-order valence-electron chi connectivity index (χ0n) is 10.4. The molecule has 0 radical (unpaired) electrons. The molecule has 3 nitrogen and oxygen atoms in total. The van der Waals surface area contributed by atoms with Gasteiger partial charge in [0.25, 0.3) is 5.92 Å². The van der Waals surface area contributed by atoms with E-state index in [1.54, 1.807) is 4.90 Å². The zero-order valence-corrected chi connectivity index (χ0v) is 10.4. The van der Waals surface area contributed by atoms with Gasteiger partial charge in [-0.15, -0.1) is 0 Å². The zero-order chi connectivity index (χ0) is 12.7. The highest BCUT2D eigenvalue weighted by Gasteiger charge is 2.44. The van der Waals surface area contributed by atoms with E-state index in [9.17, 15) is 13.6 Å². The second-order valence-corrected chi connectivity index (χ2v) is 5.98. The van der Waals surface area contributed by atoms with Crippen molar-refractivity contribution in [3.63, 3.8) is 0 Å². The summed E-state index contributed by atoms with van der Waals surface area (Å²) in [7, 11) is 0. The molecule has 0 aromatic heterocycles. The lowest BCUT2D eigenvalue weighted by Gasteiger charge is -2.37. The predicted molar refractivity (Wildman–Crippen MR) is 60.9 cm³/mol. The van der Waals surface area contributed by atoms with Crippen LogP contribution in [0.3, 0.4) is 0 Å². The normalized spacial score (nSPS) is 31.5. The highest BCUT2D eigenvalue weighted by Crippen LogP contribution is 2.31. The van der Waals surface area contributed by atoms with Gasteiger partial charge in [0.15, 0.2) is 0 Å². The highest BCUT2D eigenvalue weighted by atomic mass is 19.3. The molecular formula is C12H20F2N2O. The van der Waals surface area contributed by atoms with E-state index in [-0.39, 0.29) is 24.3 Å². The number of carbonyl (C=O) groups is 1. The van der Waals surface area contributed by atoms with Crippen molar-refractivity contribution in [3.05, 3.63) is 0 Å². The first-order chi connectivity index (χ1) is 7.79. The standard InChI is InChI=1S/C12H20F2N2O/c1-11(2)3-5-16(6-4-11)10(17)9-7-12(13,14)8-15-9/h9,15H,3-8H2,1-2H3. The van der Waals surface area contributed by atoms with Crippen molar-refractivity contribution in [3.8, 4) is 0 Å². The second kappa shape index (κ2) is 4.19. The molecule has 1 N–H and O–H groups in total. The number of carbonyl (C=O) groups excluding carboxylic acids is 1. The van der Waals surface area contributed by atoms with E-state index in [1.807, 2.05) is 0 Å². The Labute approximate surface area is 101 Å². The number of halogens is 2. The summed E-state index contributed by atoms with van der Waals surface area (Å²) >= 11 is 0. The van der Waals surface area contributed by atoms with Crippen LogP contribution in [0.5, 0.6) is 0 Å². The van der Waals surface area contributed by atoms with E-state index in [1.165, 1.54) is 0 Å². The number of nitrogens with one attached hydrogen (secondary N) is 1. The summed E-state index contributed by atoms with van der Waals surface area (Å²) in [6, 6.07) is -0.689. The van der Waals surface area contributed by atoms with Crippen molar-refractivity contribution in [2.75, 3.05) is 19.6 Å². The van der Waals surface area contributed by atoms with Gasteiger partial charge in [0.05, 0.1) is 12.6 Å². The molecule has 2 saturated heterocycles. The van der Waals surface area contributed by atoms with Gasteiger partial charge in [0, 0.05) is 19.5 Å². The molecule has 2 aliphatic rings. The fourth-order valence-corrected chi connectivity index (χ4v) is 2.44. The van der Waals surface area contributed by atoms with Gasteiger partial charge in [0.1, 0.15) is 0 Å². The molecule has 0 aromatic carbocycles. The number of rotatable bonds is 1. The molecule has 17 heavy (non-hydrogen) atoms. The fraction of sp³-hybridized carbons (Fsp3) is 0.917. The summed E-state index contributed by atoms with van der Waals surface area (Å²) < 4.78 is 26.0. The lowest BCUT2D eigenvalue weighted by molar-refractivity contribution is -0.135. The number of piperidine rings is 1. The third kappa shape index (κ3) is 2.94. The Bertz CT molecular complexity index is 308. The van der Waals surface area contributed by atoms with Crippen LogP contribution in [0.2, 0.25) is 0 Å². The Balaban J connectivity index is 1.90.